The summed E-state index contributed by atoms with van der Waals surface area (Å²) in [4.78, 5) is 23.4. The van der Waals surface area contributed by atoms with Crippen molar-refractivity contribution in [2.45, 2.75) is 360 Å². The van der Waals surface area contributed by atoms with Gasteiger partial charge in [-0.3, -0.25) is 13.8 Å². The van der Waals surface area contributed by atoms with Crippen molar-refractivity contribution in [1.82, 2.24) is 5.32 Å². The molecule has 0 fully saturated rings. The number of unbranched alkanes of at least 4 members (excludes halogenated alkanes) is 45. The molecule has 82 heavy (non-hydrogen) atoms. The maximum Gasteiger partial charge on any atom is 0.472 e. The van der Waals surface area contributed by atoms with Crippen LogP contribution in [0.1, 0.15) is 348 Å². The van der Waals surface area contributed by atoms with E-state index < -0.39 is 20.0 Å². The van der Waals surface area contributed by atoms with E-state index in [-0.39, 0.29) is 19.1 Å². The number of nitrogens with zero attached hydrogens (tertiary/aromatic N) is 1. The third-order valence-corrected chi connectivity index (χ3v) is 17.2. The van der Waals surface area contributed by atoms with Crippen LogP contribution in [0.2, 0.25) is 0 Å². The lowest BCUT2D eigenvalue weighted by molar-refractivity contribution is -0.870. The number of amides is 1. The molecule has 3 unspecified atom stereocenters. The van der Waals surface area contributed by atoms with Crippen LogP contribution in [0.25, 0.3) is 0 Å². The molecule has 0 rings (SSSR count). The molecule has 0 heterocycles. The Balaban J connectivity index is 4.01. The van der Waals surface area contributed by atoms with E-state index in [2.05, 4.69) is 67.8 Å². The normalized spacial score (nSPS) is 14.0. The van der Waals surface area contributed by atoms with Crippen molar-refractivity contribution in [1.29, 1.82) is 0 Å². The summed E-state index contributed by atoms with van der Waals surface area (Å²) in [6, 6.07) is -0.872. The summed E-state index contributed by atoms with van der Waals surface area (Å²) in [6.07, 6.45) is 88.2. The molecule has 0 aromatic carbocycles. The number of aliphatic hydroxyl groups excluding tert-OH is 1. The van der Waals surface area contributed by atoms with Crippen LogP contribution in [-0.2, 0) is 18.4 Å². The smallest absolute Gasteiger partial charge is 0.387 e. The van der Waals surface area contributed by atoms with Gasteiger partial charge >= 0.3 is 7.82 Å². The van der Waals surface area contributed by atoms with Crippen LogP contribution in [0.15, 0.2) is 60.8 Å². The lowest BCUT2D eigenvalue weighted by Crippen LogP contribution is -2.45. The molecule has 3 N–H and O–H groups in total. The van der Waals surface area contributed by atoms with Crippen LogP contribution in [0.4, 0.5) is 0 Å². The number of hydrogen-bond donors (Lipinski definition) is 3. The summed E-state index contributed by atoms with van der Waals surface area (Å²) in [5.41, 5.74) is 0. The highest BCUT2D eigenvalue weighted by molar-refractivity contribution is 7.47. The number of phosphoric ester groups is 1. The first-order chi connectivity index (χ1) is 40.0. The lowest BCUT2D eigenvalue weighted by Gasteiger charge is -2.25. The average molecular weight is 1170 g/mol. The molecule has 0 spiro atoms. The Kier molecular flexibility index (Phi) is 62.3. The molecule has 0 aliphatic heterocycles. The molecule has 0 aromatic heterocycles. The third kappa shape index (κ3) is 65.7. The standard InChI is InChI=1S/C73H139N2O6P/c1-6-8-10-12-14-16-18-20-22-24-26-28-29-30-31-32-33-34-35-36-37-38-39-40-41-42-43-44-45-47-49-51-53-55-57-59-61-63-65-67-73(77)74-71(70-81-82(78,79)80-69-68-75(3,4)5)72(76)66-64-62-60-58-56-54-52-50-48-46-27-25-23-21-19-17-15-13-11-9-7-2/h33-34,36-37,48,50,56,58,64,66,71-72,76H,6-32,35,38-47,49,51-55,57,59-63,65,67-70H2,1-5H3,(H-,74,77,78,79)/p+1/b34-33-,37-36-,50-48+,58-56+,66-64+. The summed E-state index contributed by atoms with van der Waals surface area (Å²) in [5, 5.41) is 14.0. The van der Waals surface area contributed by atoms with Crippen LogP contribution in [0.5, 0.6) is 0 Å². The van der Waals surface area contributed by atoms with E-state index in [9.17, 15) is 19.4 Å². The highest BCUT2D eigenvalue weighted by Crippen LogP contribution is 2.43. The van der Waals surface area contributed by atoms with Crippen LogP contribution >= 0.6 is 7.82 Å². The minimum Gasteiger partial charge on any atom is -0.387 e. The van der Waals surface area contributed by atoms with Gasteiger partial charge in [-0.05, 0) is 77.0 Å². The van der Waals surface area contributed by atoms with E-state index in [0.717, 1.165) is 51.4 Å². The van der Waals surface area contributed by atoms with Gasteiger partial charge < -0.3 is 19.8 Å². The van der Waals surface area contributed by atoms with Crippen molar-refractivity contribution >= 4 is 13.7 Å². The Labute approximate surface area is 511 Å². The van der Waals surface area contributed by atoms with E-state index in [4.69, 9.17) is 9.05 Å². The number of rotatable bonds is 66. The molecule has 1 amide bonds. The second-order valence-corrected chi connectivity index (χ2v) is 27.0. The molecule has 0 aliphatic rings. The highest BCUT2D eigenvalue weighted by atomic mass is 31.2. The Morgan fingerprint density at radius 2 is 0.707 bits per heavy atom. The van der Waals surface area contributed by atoms with Crippen molar-refractivity contribution in [3.8, 4) is 0 Å². The predicted molar refractivity (Wildman–Crippen MR) is 360 cm³/mol. The van der Waals surface area contributed by atoms with E-state index in [1.54, 1.807) is 6.08 Å². The van der Waals surface area contributed by atoms with Crippen LogP contribution in [-0.4, -0.2) is 73.4 Å². The van der Waals surface area contributed by atoms with E-state index in [1.807, 2.05) is 27.2 Å². The summed E-state index contributed by atoms with van der Waals surface area (Å²) < 4.78 is 23.8. The fourth-order valence-electron chi connectivity index (χ4n) is 10.6. The van der Waals surface area contributed by atoms with Crippen LogP contribution in [0, 0.1) is 0 Å². The minimum atomic E-state index is -4.37. The zero-order valence-electron chi connectivity index (χ0n) is 55.2. The molecule has 8 nitrogen and oxygen atoms in total. The number of hydrogen-bond acceptors (Lipinski definition) is 5. The van der Waals surface area contributed by atoms with E-state index in [0.29, 0.717) is 17.4 Å². The molecule has 0 saturated heterocycles. The Morgan fingerprint density at radius 3 is 1.05 bits per heavy atom. The number of quaternary nitrogens is 1. The summed E-state index contributed by atoms with van der Waals surface area (Å²) >= 11 is 0. The monoisotopic (exact) mass is 1170 g/mol. The first kappa shape index (κ1) is 80.2. The number of nitrogens with one attached hydrogen (secondary N) is 1. The second-order valence-electron chi connectivity index (χ2n) is 25.6. The zero-order chi connectivity index (χ0) is 59.8. The quantitative estimate of drug-likeness (QED) is 0.0243. The average Bonchev–Trinajstić information content (AvgIpc) is 3.47. The number of carbonyl (C=O) groups is 1. The lowest BCUT2D eigenvalue weighted by atomic mass is 10.0. The fraction of sp³-hybridized carbons (Fsp3) is 0.849. The van der Waals surface area contributed by atoms with Crippen LogP contribution in [0.3, 0.4) is 0 Å². The van der Waals surface area contributed by atoms with Gasteiger partial charge in [0.05, 0.1) is 39.9 Å². The molecular formula is C73H140N2O6P+. The van der Waals surface area contributed by atoms with Gasteiger partial charge in [0.1, 0.15) is 13.2 Å². The van der Waals surface area contributed by atoms with Crippen molar-refractivity contribution in [3.05, 3.63) is 60.8 Å². The van der Waals surface area contributed by atoms with Gasteiger partial charge in [0, 0.05) is 6.42 Å². The SMILES string of the molecule is CCCCCCCCCCCCC/C=C/CC/C=C/CC/C=C/C(O)C(COP(=O)(O)OCC[N+](C)(C)C)NC(=O)CCCCCCCCCCCCCCCCCCC/C=C\C/C=C\CCCCCCCCCCCCCCCCC. The molecule has 0 aliphatic carbocycles. The molecule has 3 atom stereocenters. The second kappa shape index (κ2) is 63.7. The number of likely N-dealkylation sites (N-methyl/N-ethyl adjacent to an activating group) is 1. The summed E-state index contributed by atoms with van der Waals surface area (Å²) in [5.74, 6) is -0.187. The maximum atomic E-state index is 13.0. The highest BCUT2D eigenvalue weighted by Gasteiger charge is 2.28. The molecule has 482 valence electrons. The van der Waals surface area contributed by atoms with E-state index in [1.165, 1.54) is 276 Å². The first-order valence-electron chi connectivity index (χ1n) is 35.7. The molecule has 0 bridgehead atoms. The fourth-order valence-corrected chi connectivity index (χ4v) is 11.4. The van der Waals surface area contributed by atoms with Gasteiger partial charge in [0.15, 0.2) is 0 Å². The van der Waals surface area contributed by atoms with Crippen LogP contribution < -0.4 is 5.32 Å². The summed E-state index contributed by atoms with van der Waals surface area (Å²) in [7, 11) is 1.55. The number of carbonyl (C=O) groups excluding carboxylic acids is 1. The molecule has 0 radical (unpaired) electrons. The number of aliphatic hydroxyl groups is 1. The number of phosphoric acid groups is 1. The van der Waals surface area contributed by atoms with E-state index >= 15 is 0 Å². The Hall–Kier alpha value is -1.80. The topological polar surface area (TPSA) is 105 Å². The molecular weight excluding hydrogens is 1030 g/mol. The molecule has 0 aromatic rings. The molecule has 0 saturated carbocycles. The van der Waals surface area contributed by atoms with Gasteiger partial charge in [0.25, 0.3) is 0 Å². The van der Waals surface area contributed by atoms with Crippen molar-refractivity contribution in [3.63, 3.8) is 0 Å². The van der Waals surface area contributed by atoms with Gasteiger partial charge in [-0.15, -0.1) is 0 Å². The van der Waals surface area contributed by atoms with Gasteiger partial charge in [0.2, 0.25) is 5.91 Å². The van der Waals surface area contributed by atoms with Crippen molar-refractivity contribution < 1.29 is 32.9 Å². The van der Waals surface area contributed by atoms with Gasteiger partial charge in [-0.25, -0.2) is 4.57 Å². The third-order valence-electron chi connectivity index (χ3n) is 16.2. The van der Waals surface area contributed by atoms with Crippen molar-refractivity contribution in [2.75, 3.05) is 40.9 Å². The zero-order valence-corrected chi connectivity index (χ0v) is 56.1. The Morgan fingerprint density at radius 1 is 0.415 bits per heavy atom. The first-order valence-corrected chi connectivity index (χ1v) is 37.2. The number of allylic oxidation sites excluding steroid dienone is 9. The van der Waals surface area contributed by atoms with Gasteiger partial charge in [-0.2, -0.15) is 0 Å². The summed E-state index contributed by atoms with van der Waals surface area (Å²) in [6.45, 7) is 4.83. The van der Waals surface area contributed by atoms with Gasteiger partial charge in [-0.1, -0.05) is 325 Å². The minimum absolute atomic E-state index is 0.0531. The molecule has 9 heteroatoms. The maximum absolute atomic E-state index is 13.0. The van der Waals surface area contributed by atoms with Crippen molar-refractivity contribution in [2.24, 2.45) is 0 Å². The predicted octanol–water partition coefficient (Wildman–Crippen LogP) is 22.8. The largest absolute Gasteiger partial charge is 0.472 e. The Bertz CT molecular complexity index is 1520.